The van der Waals surface area contributed by atoms with Crippen LogP contribution in [0.4, 0.5) is 11.4 Å². The van der Waals surface area contributed by atoms with Crippen LogP contribution in [0.2, 0.25) is 0 Å². The largest absolute Gasteiger partial charge is 0.378 e. The van der Waals surface area contributed by atoms with Crippen molar-refractivity contribution in [2.45, 2.75) is 6.54 Å². The molecule has 2 aliphatic rings. The Hall–Kier alpha value is -3.16. The van der Waals surface area contributed by atoms with E-state index in [4.69, 9.17) is 9.72 Å². The summed E-state index contributed by atoms with van der Waals surface area (Å²) in [5.41, 5.74) is 6.69. The number of aromatic nitrogens is 2. The number of anilines is 2. The van der Waals surface area contributed by atoms with Crippen molar-refractivity contribution in [3.05, 3.63) is 76.3 Å². The minimum atomic E-state index is 0.0422. The normalized spacial score (nSPS) is 16.1. The van der Waals surface area contributed by atoms with Crippen LogP contribution in [0.15, 0.2) is 65.1 Å². The van der Waals surface area contributed by atoms with E-state index in [0.29, 0.717) is 6.54 Å². The van der Waals surface area contributed by atoms with E-state index in [-0.39, 0.29) is 5.91 Å². The molecule has 1 amide bonds. The first-order chi connectivity index (χ1) is 15.7. The lowest BCUT2D eigenvalue weighted by atomic mass is 10.1. The van der Waals surface area contributed by atoms with Crippen molar-refractivity contribution >= 4 is 44.2 Å². The molecule has 1 saturated heterocycles. The van der Waals surface area contributed by atoms with Crippen LogP contribution in [0.3, 0.4) is 0 Å². The third-order valence-corrected chi connectivity index (χ3v) is 6.69. The van der Waals surface area contributed by atoms with Gasteiger partial charge in [0.2, 0.25) is 0 Å². The topological polar surface area (TPSA) is 61.5 Å². The summed E-state index contributed by atoms with van der Waals surface area (Å²) in [4.78, 5) is 25.4. The van der Waals surface area contributed by atoms with Crippen molar-refractivity contribution < 1.29 is 9.53 Å². The molecule has 2 aliphatic heterocycles. The van der Waals surface area contributed by atoms with Crippen LogP contribution < -0.4 is 9.80 Å². The Kier molecular flexibility index (Phi) is 4.73. The maximum Gasteiger partial charge on any atom is 0.258 e. The number of H-pyrrole nitrogens is 1. The summed E-state index contributed by atoms with van der Waals surface area (Å²) in [5.74, 6) is 0.858. The van der Waals surface area contributed by atoms with Crippen LogP contribution >= 0.6 is 15.9 Å². The molecule has 7 heteroatoms. The lowest BCUT2D eigenvalue weighted by Crippen LogP contribution is -2.36. The average Bonchev–Trinajstić information content (AvgIpc) is 3.40. The zero-order chi connectivity index (χ0) is 21.7. The quantitative estimate of drug-likeness (QED) is 0.441. The molecule has 6 rings (SSSR count). The predicted octanol–water partition coefficient (Wildman–Crippen LogP) is 4.99. The van der Waals surface area contributed by atoms with Crippen LogP contribution in [0.5, 0.6) is 0 Å². The molecular formula is C25H21BrN4O2. The fourth-order valence-corrected chi connectivity index (χ4v) is 4.71. The number of carbonyl (C=O) groups is 1. The summed E-state index contributed by atoms with van der Waals surface area (Å²) in [5, 5.41) is 0. The Bertz CT molecular complexity index is 1330. The SMILES string of the molecule is O=C1c2ccc(N3CCOCC3)cc2CN1c1ccc2nc(-c3ccc(Br)cc3)[nH]c2c1. The first-order valence-electron chi connectivity index (χ1n) is 10.7. The van der Waals surface area contributed by atoms with Gasteiger partial charge in [-0.15, -0.1) is 0 Å². The fraction of sp³-hybridized carbons (Fsp3) is 0.200. The van der Waals surface area contributed by atoms with Crippen LogP contribution in [0.25, 0.3) is 22.4 Å². The van der Waals surface area contributed by atoms with E-state index in [9.17, 15) is 4.79 Å². The Balaban J connectivity index is 1.29. The molecule has 1 fully saturated rings. The van der Waals surface area contributed by atoms with E-state index >= 15 is 0 Å². The molecule has 160 valence electrons. The maximum absolute atomic E-state index is 13.1. The Morgan fingerprint density at radius 1 is 0.938 bits per heavy atom. The molecule has 6 nitrogen and oxygen atoms in total. The van der Waals surface area contributed by atoms with Crippen molar-refractivity contribution in [3.8, 4) is 11.4 Å². The number of halogens is 1. The number of rotatable bonds is 3. The Morgan fingerprint density at radius 3 is 2.53 bits per heavy atom. The van der Waals surface area contributed by atoms with Crippen LogP contribution in [0.1, 0.15) is 15.9 Å². The summed E-state index contributed by atoms with van der Waals surface area (Å²) < 4.78 is 6.49. The first-order valence-corrected chi connectivity index (χ1v) is 11.5. The molecule has 1 N–H and O–H groups in total. The predicted molar refractivity (Wildman–Crippen MR) is 129 cm³/mol. The number of amides is 1. The van der Waals surface area contributed by atoms with Crippen molar-refractivity contribution in [2.24, 2.45) is 0 Å². The highest BCUT2D eigenvalue weighted by Gasteiger charge is 2.29. The van der Waals surface area contributed by atoms with Crippen molar-refractivity contribution in [3.63, 3.8) is 0 Å². The molecule has 3 heterocycles. The van der Waals surface area contributed by atoms with E-state index < -0.39 is 0 Å². The molecule has 4 aromatic rings. The van der Waals surface area contributed by atoms with Gasteiger partial charge in [0.25, 0.3) is 5.91 Å². The summed E-state index contributed by atoms with van der Waals surface area (Å²) in [6.07, 6.45) is 0. The molecule has 0 bridgehead atoms. The summed E-state index contributed by atoms with van der Waals surface area (Å²) in [6.45, 7) is 3.83. The van der Waals surface area contributed by atoms with Crippen LogP contribution in [-0.2, 0) is 11.3 Å². The molecule has 0 unspecified atom stereocenters. The van der Waals surface area contributed by atoms with E-state index in [2.05, 4.69) is 31.9 Å². The van der Waals surface area contributed by atoms with Gasteiger partial charge in [0.1, 0.15) is 5.82 Å². The van der Waals surface area contributed by atoms with E-state index in [1.807, 2.05) is 59.5 Å². The second-order valence-corrected chi connectivity index (χ2v) is 9.04. The van der Waals surface area contributed by atoms with Gasteiger partial charge in [-0.1, -0.05) is 28.1 Å². The highest BCUT2D eigenvalue weighted by molar-refractivity contribution is 9.10. The third kappa shape index (κ3) is 3.38. The maximum atomic E-state index is 13.1. The zero-order valence-corrected chi connectivity index (χ0v) is 18.9. The van der Waals surface area contributed by atoms with Gasteiger partial charge in [-0.2, -0.15) is 0 Å². The summed E-state index contributed by atoms with van der Waals surface area (Å²) in [7, 11) is 0. The minimum Gasteiger partial charge on any atom is -0.378 e. The second-order valence-electron chi connectivity index (χ2n) is 8.13. The summed E-state index contributed by atoms with van der Waals surface area (Å²) in [6, 6.07) is 20.2. The van der Waals surface area contributed by atoms with E-state index in [1.165, 1.54) is 0 Å². The van der Waals surface area contributed by atoms with Gasteiger partial charge in [0, 0.05) is 40.1 Å². The van der Waals surface area contributed by atoms with Crippen molar-refractivity contribution in [1.82, 2.24) is 9.97 Å². The number of benzene rings is 3. The molecule has 1 aromatic heterocycles. The number of nitrogens with one attached hydrogen (secondary N) is 1. The monoisotopic (exact) mass is 488 g/mol. The number of nitrogens with zero attached hydrogens (tertiary/aromatic N) is 3. The number of fused-ring (bicyclic) bond motifs is 2. The number of carbonyl (C=O) groups excluding carboxylic acids is 1. The minimum absolute atomic E-state index is 0.0422. The van der Waals surface area contributed by atoms with Gasteiger partial charge in [0.15, 0.2) is 0 Å². The van der Waals surface area contributed by atoms with Crippen molar-refractivity contribution in [2.75, 3.05) is 36.1 Å². The number of hydrogen-bond acceptors (Lipinski definition) is 4. The van der Waals surface area contributed by atoms with E-state index in [1.54, 1.807) is 0 Å². The van der Waals surface area contributed by atoms with Gasteiger partial charge >= 0.3 is 0 Å². The number of morpholine rings is 1. The van der Waals surface area contributed by atoms with Gasteiger partial charge in [0.05, 0.1) is 30.8 Å². The fourth-order valence-electron chi connectivity index (χ4n) is 4.44. The number of hydrogen-bond donors (Lipinski definition) is 1. The average molecular weight is 489 g/mol. The van der Waals surface area contributed by atoms with Gasteiger partial charge in [-0.3, -0.25) is 4.79 Å². The number of ether oxygens (including phenoxy) is 1. The zero-order valence-electron chi connectivity index (χ0n) is 17.3. The smallest absolute Gasteiger partial charge is 0.258 e. The Labute approximate surface area is 193 Å². The molecule has 0 atom stereocenters. The molecule has 32 heavy (non-hydrogen) atoms. The molecule has 0 radical (unpaired) electrons. The molecule has 3 aromatic carbocycles. The summed E-state index contributed by atoms with van der Waals surface area (Å²) >= 11 is 3.47. The standard InChI is InChI=1S/C25H21BrN4O2/c26-18-3-1-16(2-4-18)24-27-22-8-6-20(14-23(22)28-24)30-15-17-13-19(5-7-21(17)25(30)31)29-9-11-32-12-10-29/h1-8,13-14H,9-12,15H2,(H,27,28). The lowest BCUT2D eigenvalue weighted by molar-refractivity contribution is 0.0996. The van der Waals surface area contributed by atoms with Gasteiger partial charge < -0.3 is 19.5 Å². The number of imidazole rings is 1. The second kappa shape index (κ2) is 7.76. The van der Waals surface area contributed by atoms with Crippen LogP contribution in [0, 0.1) is 0 Å². The highest BCUT2D eigenvalue weighted by atomic mass is 79.9. The van der Waals surface area contributed by atoms with Gasteiger partial charge in [-0.25, -0.2) is 4.98 Å². The van der Waals surface area contributed by atoms with Gasteiger partial charge in [-0.05, 0) is 54.1 Å². The number of aromatic amines is 1. The van der Waals surface area contributed by atoms with Crippen molar-refractivity contribution in [1.29, 1.82) is 0 Å². The molecule has 0 aliphatic carbocycles. The molecule has 0 spiro atoms. The molecule has 0 saturated carbocycles. The Morgan fingerprint density at radius 2 is 1.72 bits per heavy atom. The third-order valence-electron chi connectivity index (χ3n) is 6.16. The lowest BCUT2D eigenvalue weighted by Gasteiger charge is -2.29. The van der Waals surface area contributed by atoms with Crippen LogP contribution in [-0.4, -0.2) is 42.2 Å². The molecular weight excluding hydrogens is 468 g/mol. The first kappa shape index (κ1) is 19.5. The van der Waals surface area contributed by atoms with E-state index in [0.717, 1.165) is 75.7 Å². The highest BCUT2D eigenvalue weighted by Crippen LogP contribution is 2.33.